The fourth-order valence-corrected chi connectivity index (χ4v) is 3.98. The molecule has 0 saturated heterocycles. The number of hydrogen-bond acceptors (Lipinski definition) is 4. The van der Waals surface area contributed by atoms with Crippen LogP contribution in [0.2, 0.25) is 0 Å². The molecule has 0 aromatic carbocycles. The van der Waals surface area contributed by atoms with Gasteiger partial charge in [0.05, 0.1) is 6.61 Å². The third kappa shape index (κ3) is 24.9. The van der Waals surface area contributed by atoms with Gasteiger partial charge in [-0.15, -0.1) is 0 Å². The summed E-state index contributed by atoms with van der Waals surface area (Å²) in [6.07, 6.45) is 22.3. The maximum atomic E-state index is 10.8. The van der Waals surface area contributed by atoms with Crippen molar-refractivity contribution in [3.63, 3.8) is 0 Å². The Kier molecular flexibility index (Phi) is 25.0. The molecule has 0 spiro atoms. The monoisotopic (exact) mass is 428 g/mol. The minimum absolute atomic E-state index is 0. The molecule has 28 heavy (non-hydrogen) atoms. The fourth-order valence-electron chi connectivity index (χ4n) is 3.62. The molecular weight excluding hydrogens is 383 g/mol. The van der Waals surface area contributed by atoms with Gasteiger partial charge in [-0.2, -0.15) is 0 Å². The summed E-state index contributed by atoms with van der Waals surface area (Å²) in [7, 11) is -4.57. The summed E-state index contributed by atoms with van der Waals surface area (Å²) < 4.78 is 36.8. The molecule has 0 aliphatic carbocycles. The third-order valence-corrected chi connectivity index (χ3v) is 5.80. The summed E-state index contributed by atoms with van der Waals surface area (Å²) >= 11 is 0. The first-order chi connectivity index (χ1) is 13.0. The Balaban J connectivity index is 0. The Hall–Kier alpha value is 0.870. The van der Waals surface area contributed by atoms with Crippen LogP contribution in [0.5, 0.6) is 0 Å². The van der Waals surface area contributed by atoms with E-state index in [4.69, 9.17) is 0 Å². The Morgan fingerprint density at radius 1 is 0.643 bits per heavy atom. The van der Waals surface area contributed by atoms with Crippen molar-refractivity contribution in [1.29, 1.82) is 0 Å². The van der Waals surface area contributed by atoms with Crippen molar-refractivity contribution in [3.8, 4) is 0 Å². The normalized spacial score (nSPS) is 12.7. The summed E-state index contributed by atoms with van der Waals surface area (Å²) in [6, 6.07) is 0. The molecule has 0 bridgehead atoms. The molecule has 6 heteroatoms. The van der Waals surface area contributed by atoms with Crippen LogP contribution in [0.15, 0.2) is 0 Å². The number of hydrogen-bond donors (Lipinski definition) is 0. The van der Waals surface area contributed by atoms with Crippen LogP contribution in [0.4, 0.5) is 0 Å². The zero-order valence-corrected chi connectivity index (χ0v) is 21.9. The number of unbranched alkanes of at least 4 members (excludes halogenated alkanes) is 14. The van der Waals surface area contributed by atoms with Crippen LogP contribution >= 0.6 is 0 Å². The zero-order valence-electron chi connectivity index (χ0n) is 19.1. The molecule has 0 amide bonds. The molecule has 0 saturated carbocycles. The van der Waals surface area contributed by atoms with Crippen LogP contribution in [0.3, 0.4) is 0 Å². The maximum absolute atomic E-state index is 10.8. The molecule has 164 valence electrons. The smallest absolute Gasteiger partial charge is 0.726 e. The van der Waals surface area contributed by atoms with E-state index in [-0.39, 0.29) is 42.1 Å². The number of rotatable bonds is 21. The first-order valence-electron chi connectivity index (χ1n) is 11.6. The first-order valence-corrected chi connectivity index (χ1v) is 12.9. The predicted octanol–water partition coefficient (Wildman–Crippen LogP) is 4.15. The Labute approximate surface area is 198 Å². The van der Waals surface area contributed by atoms with Crippen LogP contribution in [0.1, 0.15) is 129 Å². The Bertz CT molecular complexity index is 401. The molecule has 0 fully saturated rings. The van der Waals surface area contributed by atoms with Crippen molar-refractivity contribution >= 4 is 10.4 Å². The molecular formula is C22H45NaO4S. The van der Waals surface area contributed by atoms with Crippen LogP contribution in [-0.2, 0) is 14.6 Å². The van der Waals surface area contributed by atoms with E-state index in [9.17, 15) is 13.0 Å². The van der Waals surface area contributed by atoms with Gasteiger partial charge in [0, 0.05) is 0 Å². The minimum Gasteiger partial charge on any atom is -0.726 e. The van der Waals surface area contributed by atoms with E-state index in [0.717, 1.165) is 25.7 Å². The first kappa shape index (κ1) is 31.1. The second-order valence-electron chi connectivity index (χ2n) is 8.09. The second kappa shape index (κ2) is 22.6. The van der Waals surface area contributed by atoms with Crippen molar-refractivity contribution in [1.82, 2.24) is 0 Å². The molecule has 0 aliphatic heterocycles. The van der Waals surface area contributed by atoms with E-state index < -0.39 is 10.4 Å². The summed E-state index contributed by atoms with van der Waals surface area (Å²) in [5.41, 5.74) is 0. The van der Waals surface area contributed by atoms with Crippen LogP contribution in [0, 0.1) is 5.92 Å². The van der Waals surface area contributed by atoms with E-state index in [1.807, 2.05) is 0 Å². The quantitative estimate of drug-likeness (QED) is 0.119. The van der Waals surface area contributed by atoms with E-state index >= 15 is 0 Å². The van der Waals surface area contributed by atoms with Crippen molar-refractivity contribution in [3.05, 3.63) is 0 Å². The Morgan fingerprint density at radius 2 is 0.964 bits per heavy atom. The molecule has 0 aromatic heterocycles. The zero-order chi connectivity index (χ0) is 20.2. The second-order valence-corrected chi connectivity index (χ2v) is 9.14. The topological polar surface area (TPSA) is 66.4 Å². The van der Waals surface area contributed by atoms with Crippen LogP contribution < -0.4 is 29.6 Å². The largest absolute Gasteiger partial charge is 1.00 e. The van der Waals surface area contributed by atoms with Gasteiger partial charge in [0.15, 0.2) is 0 Å². The van der Waals surface area contributed by atoms with Crippen molar-refractivity contribution in [2.75, 3.05) is 6.61 Å². The fraction of sp³-hybridized carbons (Fsp3) is 1.00. The molecule has 0 N–H and O–H groups in total. The minimum atomic E-state index is -4.57. The maximum Gasteiger partial charge on any atom is 1.00 e. The average Bonchev–Trinajstić information content (AvgIpc) is 2.62. The molecule has 0 rings (SSSR count). The molecule has 1 atom stereocenters. The van der Waals surface area contributed by atoms with Gasteiger partial charge in [-0.1, -0.05) is 117 Å². The van der Waals surface area contributed by atoms with Crippen LogP contribution in [-0.4, -0.2) is 19.6 Å². The Morgan fingerprint density at radius 3 is 1.29 bits per heavy atom. The third-order valence-electron chi connectivity index (χ3n) is 5.38. The van der Waals surface area contributed by atoms with Crippen molar-refractivity contribution in [2.45, 2.75) is 129 Å². The van der Waals surface area contributed by atoms with Gasteiger partial charge < -0.3 is 4.55 Å². The average molecular weight is 429 g/mol. The van der Waals surface area contributed by atoms with Gasteiger partial charge in [0.2, 0.25) is 10.4 Å². The van der Waals surface area contributed by atoms with E-state index in [1.165, 1.54) is 89.9 Å². The van der Waals surface area contributed by atoms with Gasteiger partial charge in [-0.05, 0) is 18.8 Å². The van der Waals surface area contributed by atoms with Gasteiger partial charge in [-0.3, -0.25) is 4.18 Å². The summed E-state index contributed by atoms with van der Waals surface area (Å²) in [5, 5.41) is 0. The molecule has 0 aromatic rings. The summed E-state index contributed by atoms with van der Waals surface area (Å²) in [6.45, 7) is 4.53. The molecule has 0 heterocycles. The predicted molar refractivity (Wildman–Crippen MR) is 114 cm³/mol. The van der Waals surface area contributed by atoms with Gasteiger partial charge >= 0.3 is 29.6 Å². The van der Waals surface area contributed by atoms with Crippen LogP contribution in [0.25, 0.3) is 0 Å². The van der Waals surface area contributed by atoms with Crippen molar-refractivity contribution in [2.24, 2.45) is 5.92 Å². The SMILES string of the molecule is CCCCCCCCCCCC(CCCCCCCCC)COS(=O)(=O)[O-].[Na+]. The van der Waals surface area contributed by atoms with Crippen molar-refractivity contribution < 1.29 is 46.7 Å². The van der Waals surface area contributed by atoms with Gasteiger partial charge in [-0.25, -0.2) is 8.42 Å². The summed E-state index contributed by atoms with van der Waals surface area (Å²) in [5.74, 6) is 0.203. The molecule has 0 aliphatic rings. The van der Waals surface area contributed by atoms with Gasteiger partial charge in [0.1, 0.15) is 0 Å². The summed E-state index contributed by atoms with van der Waals surface area (Å²) in [4.78, 5) is 0. The van der Waals surface area contributed by atoms with E-state index in [1.54, 1.807) is 0 Å². The van der Waals surface area contributed by atoms with Gasteiger partial charge in [0.25, 0.3) is 0 Å². The van der Waals surface area contributed by atoms with E-state index in [2.05, 4.69) is 18.0 Å². The van der Waals surface area contributed by atoms with E-state index in [0.29, 0.717) is 0 Å². The molecule has 4 nitrogen and oxygen atoms in total. The standard InChI is InChI=1S/C22H46O4S.Na/c1-3-5-7-9-11-12-14-16-18-20-22(21-26-27(23,24)25)19-17-15-13-10-8-6-4-2;/h22H,3-21H2,1-2H3,(H,23,24,25);/q;+1/p-1. The molecule has 1 unspecified atom stereocenters. The molecule has 0 radical (unpaired) electrons.